The molecule has 1 aliphatic heterocycles. The Balaban J connectivity index is 2.72. The van der Waals surface area contributed by atoms with Crippen molar-refractivity contribution in [2.75, 3.05) is 13.1 Å². The molecule has 4 nitrogen and oxygen atoms in total. The fourth-order valence-corrected chi connectivity index (χ4v) is 2.04. The van der Waals surface area contributed by atoms with Gasteiger partial charge in [-0.05, 0) is 12.3 Å². The summed E-state index contributed by atoms with van der Waals surface area (Å²) in [7, 11) is 0. The van der Waals surface area contributed by atoms with Crippen molar-refractivity contribution in [3.8, 4) is 0 Å². The van der Waals surface area contributed by atoms with Crippen LogP contribution < -0.4 is 5.32 Å². The topological polar surface area (TPSA) is 49.4 Å². The van der Waals surface area contributed by atoms with Gasteiger partial charge in [0.25, 0.3) is 0 Å². The van der Waals surface area contributed by atoms with Gasteiger partial charge in [0.1, 0.15) is 0 Å². The van der Waals surface area contributed by atoms with Crippen molar-refractivity contribution in [3.05, 3.63) is 0 Å². The van der Waals surface area contributed by atoms with E-state index >= 15 is 0 Å². The van der Waals surface area contributed by atoms with E-state index < -0.39 is 5.91 Å². The second-order valence-electron chi connectivity index (χ2n) is 4.52. The maximum atomic E-state index is 11.8. The van der Waals surface area contributed by atoms with E-state index in [1.807, 2.05) is 0 Å². The first kappa shape index (κ1) is 13.0. The average Bonchev–Trinajstić information content (AvgIpc) is 2.30. The number of hydrogen-bond donors (Lipinski definition) is 1. The second-order valence-corrected chi connectivity index (χ2v) is 4.52. The molecule has 16 heavy (non-hydrogen) atoms. The first-order valence-corrected chi connectivity index (χ1v) is 6.20. The van der Waals surface area contributed by atoms with Crippen molar-refractivity contribution in [2.45, 2.75) is 46.1 Å². The highest BCUT2D eigenvalue weighted by atomic mass is 16.2. The number of hydrogen-bond acceptors (Lipinski definition) is 2. The van der Waals surface area contributed by atoms with Gasteiger partial charge in [0.2, 0.25) is 0 Å². The van der Waals surface area contributed by atoms with E-state index in [2.05, 4.69) is 26.1 Å². The van der Waals surface area contributed by atoms with E-state index in [9.17, 15) is 9.59 Å². The Labute approximate surface area is 97.4 Å². The number of rotatable bonds is 5. The van der Waals surface area contributed by atoms with Crippen LogP contribution in [0.5, 0.6) is 0 Å². The van der Waals surface area contributed by atoms with Gasteiger partial charge in [0.05, 0.1) is 6.04 Å². The Kier molecular flexibility index (Phi) is 4.77. The fraction of sp³-hybridized carbons (Fsp3) is 0.833. The Morgan fingerprint density at radius 3 is 2.69 bits per heavy atom. The summed E-state index contributed by atoms with van der Waals surface area (Å²) in [5, 5.41) is 2.67. The molecule has 1 fully saturated rings. The zero-order valence-electron chi connectivity index (χ0n) is 10.5. The number of nitrogens with zero attached hydrogens (tertiary/aromatic N) is 1. The van der Waals surface area contributed by atoms with Crippen LogP contribution in [-0.2, 0) is 9.59 Å². The van der Waals surface area contributed by atoms with Gasteiger partial charge in [-0.3, -0.25) is 9.59 Å². The van der Waals surface area contributed by atoms with E-state index in [1.54, 1.807) is 4.90 Å². The lowest BCUT2D eigenvalue weighted by molar-refractivity contribution is -0.151. The lowest BCUT2D eigenvalue weighted by Gasteiger charge is -2.38. The van der Waals surface area contributed by atoms with Crippen LogP contribution in [-0.4, -0.2) is 35.8 Å². The lowest BCUT2D eigenvalue weighted by Crippen LogP contribution is -2.60. The highest BCUT2D eigenvalue weighted by Gasteiger charge is 2.35. The summed E-state index contributed by atoms with van der Waals surface area (Å²) in [4.78, 5) is 24.9. The molecule has 1 unspecified atom stereocenters. The number of nitrogens with one attached hydrogen (secondary N) is 1. The van der Waals surface area contributed by atoms with Crippen molar-refractivity contribution in [3.63, 3.8) is 0 Å². The quantitative estimate of drug-likeness (QED) is 0.715. The predicted octanol–water partition coefficient (Wildman–Crippen LogP) is 1.16. The minimum Gasteiger partial charge on any atom is -0.346 e. The van der Waals surface area contributed by atoms with Crippen LogP contribution in [0.15, 0.2) is 0 Å². The van der Waals surface area contributed by atoms with Gasteiger partial charge < -0.3 is 10.2 Å². The van der Waals surface area contributed by atoms with Crippen molar-refractivity contribution < 1.29 is 9.59 Å². The van der Waals surface area contributed by atoms with Crippen molar-refractivity contribution in [2.24, 2.45) is 5.92 Å². The molecule has 0 aromatic carbocycles. The van der Waals surface area contributed by atoms with Gasteiger partial charge in [-0.1, -0.05) is 33.6 Å². The van der Waals surface area contributed by atoms with Crippen molar-refractivity contribution in [1.29, 1.82) is 0 Å². The summed E-state index contributed by atoms with van der Waals surface area (Å²) in [6, 6.07) is 0.168. The normalized spacial score (nSPS) is 23.2. The highest BCUT2D eigenvalue weighted by Crippen LogP contribution is 2.18. The van der Waals surface area contributed by atoms with E-state index in [-0.39, 0.29) is 11.9 Å². The number of unbranched alkanes of at least 4 members (excludes halogenated alkanes) is 1. The minimum atomic E-state index is -0.448. The number of piperazine rings is 1. The van der Waals surface area contributed by atoms with E-state index in [4.69, 9.17) is 0 Å². The number of carbonyl (C=O) groups is 2. The Hall–Kier alpha value is -1.06. The summed E-state index contributed by atoms with van der Waals surface area (Å²) in [6.07, 6.45) is 3.03. The van der Waals surface area contributed by atoms with Gasteiger partial charge in [-0.25, -0.2) is 0 Å². The zero-order valence-corrected chi connectivity index (χ0v) is 10.5. The van der Waals surface area contributed by atoms with Crippen LogP contribution in [0.4, 0.5) is 0 Å². The maximum absolute atomic E-state index is 11.8. The van der Waals surface area contributed by atoms with Crippen LogP contribution in [0.25, 0.3) is 0 Å². The summed E-state index contributed by atoms with van der Waals surface area (Å²) >= 11 is 0. The van der Waals surface area contributed by atoms with Gasteiger partial charge in [-0.2, -0.15) is 0 Å². The molecule has 2 atom stereocenters. The lowest BCUT2D eigenvalue weighted by atomic mass is 9.95. The molecular weight excluding hydrogens is 204 g/mol. The molecule has 92 valence electrons. The highest BCUT2D eigenvalue weighted by molar-refractivity contribution is 6.35. The second kappa shape index (κ2) is 5.87. The molecule has 1 aliphatic rings. The van der Waals surface area contributed by atoms with Gasteiger partial charge in [0.15, 0.2) is 0 Å². The molecule has 4 heteroatoms. The molecule has 2 amide bonds. The molecule has 0 radical (unpaired) electrons. The van der Waals surface area contributed by atoms with Gasteiger partial charge in [-0.15, -0.1) is 0 Å². The molecule has 0 aromatic heterocycles. The Morgan fingerprint density at radius 2 is 2.12 bits per heavy atom. The SMILES string of the molecule is CCCCN1C(=O)C(=O)NC[C@H]1C(C)CC. The molecule has 1 saturated heterocycles. The molecule has 0 aliphatic carbocycles. The van der Waals surface area contributed by atoms with E-state index in [0.717, 1.165) is 19.3 Å². The number of carbonyl (C=O) groups excluding carboxylic acids is 2. The van der Waals surface area contributed by atoms with Crippen LogP contribution >= 0.6 is 0 Å². The predicted molar refractivity (Wildman–Crippen MR) is 62.9 cm³/mol. The third kappa shape index (κ3) is 2.74. The molecule has 0 saturated carbocycles. The van der Waals surface area contributed by atoms with Crippen LogP contribution in [0.1, 0.15) is 40.0 Å². The van der Waals surface area contributed by atoms with Crippen LogP contribution in [0.3, 0.4) is 0 Å². The van der Waals surface area contributed by atoms with Gasteiger partial charge in [0, 0.05) is 13.1 Å². The van der Waals surface area contributed by atoms with Crippen LogP contribution in [0, 0.1) is 5.92 Å². The third-order valence-electron chi connectivity index (χ3n) is 3.38. The Morgan fingerprint density at radius 1 is 1.44 bits per heavy atom. The van der Waals surface area contributed by atoms with Crippen LogP contribution in [0.2, 0.25) is 0 Å². The average molecular weight is 226 g/mol. The molecule has 1 heterocycles. The first-order chi connectivity index (χ1) is 7.61. The van der Waals surface area contributed by atoms with Crippen molar-refractivity contribution in [1.82, 2.24) is 10.2 Å². The molecule has 1 rings (SSSR count). The molecule has 1 N–H and O–H groups in total. The zero-order chi connectivity index (χ0) is 12.1. The van der Waals surface area contributed by atoms with Crippen molar-refractivity contribution >= 4 is 11.8 Å². The smallest absolute Gasteiger partial charge is 0.312 e. The fourth-order valence-electron chi connectivity index (χ4n) is 2.04. The Bertz CT molecular complexity index is 266. The monoisotopic (exact) mass is 226 g/mol. The molecule has 0 aromatic rings. The molecule has 0 bridgehead atoms. The van der Waals surface area contributed by atoms with E-state index in [1.165, 1.54) is 0 Å². The first-order valence-electron chi connectivity index (χ1n) is 6.20. The van der Waals surface area contributed by atoms with Gasteiger partial charge >= 0.3 is 11.8 Å². The standard InChI is InChI=1S/C12H22N2O2/c1-4-6-7-14-10(9(3)5-2)8-13-11(15)12(14)16/h9-10H,4-8H2,1-3H3,(H,13,15)/t9?,10-/m0/s1. The summed E-state index contributed by atoms with van der Waals surface area (Å²) in [6.45, 7) is 7.64. The number of amides is 2. The summed E-state index contributed by atoms with van der Waals surface area (Å²) in [5.41, 5.74) is 0. The molecule has 0 spiro atoms. The maximum Gasteiger partial charge on any atom is 0.312 e. The van der Waals surface area contributed by atoms with E-state index in [0.29, 0.717) is 19.0 Å². The summed E-state index contributed by atoms with van der Waals surface area (Å²) < 4.78 is 0. The summed E-state index contributed by atoms with van der Waals surface area (Å²) in [5.74, 6) is -0.373. The molecular formula is C12H22N2O2. The largest absolute Gasteiger partial charge is 0.346 e. The third-order valence-corrected chi connectivity index (χ3v) is 3.38. The minimum absolute atomic E-state index is 0.168.